The van der Waals surface area contributed by atoms with Crippen LogP contribution in [0.3, 0.4) is 0 Å². The minimum Gasteiger partial charge on any atom is -0.486 e. The SMILES string of the molecule is Cc1cccnc1COc1cc(Cl)ccc1/C(N)=N/O. The van der Waals surface area contributed by atoms with Gasteiger partial charge in [0, 0.05) is 11.2 Å². The largest absolute Gasteiger partial charge is 0.486 e. The number of rotatable bonds is 4. The topological polar surface area (TPSA) is 80.7 Å². The van der Waals surface area contributed by atoms with Crippen LogP contribution < -0.4 is 10.5 Å². The molecule has 1 heterocycles. The molecule has 0 radical (unpaired) electrons. The second kappa shape index (κ2) is 6.25. The van der Waals surface area contributed by atoms with Crippen molar-refractivity contribution in [2.24, 2.45) is 10.9 Å². The summed E-state index contributed by atoms with van der Waals surface area (Å²) in [4.78, 5) is 4.24. The first-order valence-electron chi connectivity index (χ1n) is 5.92. The molecule has 0 bridgehead atoms. The van der Waals surface area contributed by atoms with Crippen molar-refractivity contribution in [3.63, 3.8) is 0 Å². The van der Waals surface area contributed by atoms with Gasteiger partial charge in [0.1, 0.15) is 12.4 Å². The average Bonchev–Trinajstić information content (AvgIpc) is 2.46. The molecule has 2 rings (SSSR count). The summed E-state index contributed by atoms with van der Waals surface area (Å²) in [6, 6.07) is 8.72. The molecule has 5 nitrogen and oxygen atoms in total. The van der Waals surface area contributed by atoms with E-state index >= 15 is 0 Å². The number of oxime groups is 1. The zero-order valence-electron chi connectivity index (χ0n) is 10.9. The number of hydrogen-bond acceptors (Lipinski definition) is 4. The molecule has 1 aromatic heterocycles. The normalized spacial score (nSPS) is 11.4. The fourth-order valence-electron chi connectivity index (χ4n) is 1.70. The third-order valence-electron chi connectivity index (χ3n) is 2.81. The van der Waals surface area contributed by atoms with Crippen molar-refractivity contribution < 1.29 is 9.94 Å². The molecule has 0 aliphatic carbocycles. The lowest BCUT2D eigenvalue weighted by Gasteiger charge is -2.11. The van der Waals surface area contributed by atoms with Crippen LogP contribution in [0.1, 0.15) is 16.8 Å². The minimum absolute atomic E-state index is 0.0330. The molecule has 3 N–H and O–H groups in total. The summed E-state index contributed by atoms with van der Waals surface area (Å²) in [6.45, 7) is 2.23. The molecule has 0 atom stereocenters. The van der Waals surface area contributed by atoms with Crippen molar-refractivity contribution in [2.45, 2.75) is 13.5 Å². The van der Waals surface area contributed by atoms with Crippen LogP contribution in [0.15, 0.2) is 41.7 Å². The Morgan fingerprint density at radius 2 is 2.25 bits per heavy atom. The van der Waals surface area contributed by atoms with Crippen LogP contribution in [0.5, 0.6) is 5.75 Å². The van der Waals surface area contributed by atoms with Gasteiger partial charge in [-0.2, -0.15) is 0 Å². The van der Waals surface area contributed by atoms with E-state index in [2.05, 4.69) is 10.1 Å². The highest BCUT2D eigenvalue weighted by Crippen LogP contribution is 2.24. The van der Waals surface area contributed by atoms with Crippen molar-refractivity contribution >= 4 is 17.4 Å². The van der Waals surface area contributed by atoms with E-state index in [4.69, 9.17) is 27.3 Å². The third-order valence-corrected chi connectivity index (χ3v) is 3.04. The Labute approximate surface area is 121 Å². The molecule has 0 saturated carbocycles. The van der Waals surface area contributed by atoms with E-state index in [1.165, 1.54) is 0 Å². The van der Waals surface area contributed by atoms with Gasteiger partial charge in [0.2, 0.25) is 0 Å². The predicted molar refractivity (Wildman–Crippen MR) is 77.3 cm³/mol. The van der Waals surface area contributed by atoms with Gasteiger partial charge in [-0.1, -0.05) is 22.8 Å². The van der Waals surface area contributed by atoms with Crippen molar-refractivity contribution in [1.29, 1.82) is 0 Å². The minimum atomic E-state index is -0.0330. The van der Waals surface area contributed by atoms with Crippen molar-refractivity contribution in [1.82, 2.24) is 4.98 Å². The van der Waals surface area contributed by atoms with Crippen LogP contribution >= 0.6 is 11.6 Å². The number of pyridine rings is 1. The summed E-state index contributed by atoms with van der Waals surface area (Å²) in [7, 11) is 0. The predicted octanol–water partition coefficient (Wildman–Crippen LogP) is 2.72. The standard InChI is InChI=1S/C14H14ClN3O2/c1-9-3-2-6-17-12(9)8-20-13-7-10(15)4-5-11(13)14(16)18-19/h2-7,19H,8H2,1H3,(H2,16,18). The van der Waals surface area contributed by atoms with Crippen LogP contribution in [-0.2, 0) is 6.61 Å². The summed E-state index contributed by atoms with van der Waals surface area (Å²) in [6.07, 6.45) is 1.70. The van der Waals surface area contributed by atoms with Crippen LogP contribution in [0.25, 0.3) is 0 Å². The monoisotopic (exact) mass is 291 g/mol. The zero-order chi connectivity index (χ0) is 14.5. The van der Waals surface area contributed by atoms with E-state index in [0.717, 1.165) is 11.3 Å². The van der Waals surface area contributed by atoms with Gasteiger partial charge in [-0.25, -0.2) is 0 Å². The number of nitrogens with zero attached hydrogens (tertiary/aromatic N) is 2. The summed E-state index contributed by atoms with van der Waals surface area (Å²) < 4.78 is 5.69. The molecule has 2 aromatic rings. The van der Waals surface area contributed by atoms with E-state index in [9.17, 15) is 0 Å². The number of benzene rings is 1. The molecular formula is C14H14ClN3O2. The second-order valence-electron chi connectivity index (χ2n) is 4.18. The molecule has 1 aromatic carbocycles. The maximum absolute atomic E-state index is 8.77. The van der Waals surface area contributed by atoms with Gasteiger partial charge in [0.05, 0.1) is 11.3 Å². The van der Waals surface area contributed by atoms with E-state index in [0.29, 0.717) is 16.3 Å². The van der Waals surface area contributed by atoms with E-state index in [1.807, 2.05) is 19.1 Å². The fraction of sp³-hybridized carbons (Fsp3) is 0.143. The molecule has 0 saturated heterocycles. The van der Waals surface area contributed by atoms with Crippen LogP contribution in [0.4, 0.5) is 0 Å². The maximum atomic E-state index is 8.77. The number of ether oxygens (including phenoxy) is 1. The highest BCUT2D eigenvalue weighted by Gasteiger charge is 2.10. The third kappa shape index (κ3) is 3.19. The van der Waals surface area contributed by atoms with Crippen molar-refractivity contribution in [2.75, 3.05) is 0 Å². The Bertz CT molecular complexity index is 644. The number of hydrogen-bond donors (Lipinski definition) is 2. The van der Waals surface area contributed by atoms with Gasteiger partial charge in [0.15, 0.2) is 5.84 Å². The highest BCUT2D eigenvalue weighted by molar-refractivity contribution is 6.30. The first-order valence-corrected chi connectivity index (χ1v) is 6.30. The van der Waals surface area contributed by atoms with Gasteiger partial charge in [-0.05, 0) is 36.8 Å². The first kappa shape index (κ1) is 14.1. The zero-order valence-corrected chi connectivity index (χ0v) is 11.6. The summed E-state index contributed by atoms with van der Waals surface area (Å²) in [5.41, 5.74) is 7.93. The summed E-state index contributed by atoms with van der Waals surface area (Å²) in [5, 5.41) is 12.3. The Morgan fingerprint density at radius 1 is 1.45 bits per heavy atom. The highest BCUT2D eigenvalue weighted by atomic mass is 35.5. The van der Waals surface area contributed by atoms with Gasteiger partial charge in [-0.3, -0.25) is 4.98 Å². The molecule has 6 heteroatoms. The number of nitrogens with two attached hydrogens (primary N) is 1. The number of aryl methyl sites for hydroxylation is 1. The Hall–Kier alpha value is -2.27. The second-order valence-corrected chi connectivity index (χ2v) is 4.62. The number of amidine groups is 1. The van der Waals surface area contributed by atoms with E-state index in [1.54, 1.807) is 24.4 Å². The first-order chi connectivity index (χ1) is 9.61. The lowest BCUT2D eigenvalue weighted by atomic mass is 10.2. The lowest BCUT2D eigenvalue weighted by molar-refractivity contribution is 0.298. The molecule has 0 fully saturated rings. The van der Waals surface area contributed by atoms with Gasteiger partial charge < -0.3 is 15.7 Å². The van der Waals surface area contributed by atoms with Crippen molar-refractivity contribution in [3.05, 3.63) is 58.4 Å². The van der Waals surface area contributed by atoms with Gasteiger partial charge in [-0.15, -0.1) is 0 Å². The molecule has 20 heavy (non-hydrogen) atoms. The van der Waals surface area contributed by atoms with Crippen molar-refractivity contribution in [3.8, 4) is 5.75 Å². The van der Waals surface area contributed by atoms with Crippen LogP contribution in [0, 0.1) is 6.92 Å². The van der Waals surface area contributed by atoms with Crippen LogP contribution in [0.2, 0.25) is 5.02 Å². The fourth-order valence-corrected chi connectivity index (χ4v) is 1.86. The molecular weight excluding hydrogens is 278 g/mol. The Kier molecular flexibility index (Phi) is 4.42. The van der Waals surface area contributed by atoms with E-state index in [-0.39, 0.29) is 12.4 Å². The van der Waals surface area contributed by atoms with Gasteiger partial charge in [0.25, 0.3) is 0 Å². The quantitative estimate of drug-likeness (QED) is 0.393. The Balaban J connectivity index is 2.25. The Morgan fingerprint density at radius 3 is 2.95 bits per heavy atom. The summed E-state index contributed by atoms with van der Waals surface area (Å²) in [5.74, 6) is 0.410. The van der Waals surface area contributed by atoms with E-state index < -0.39 is 0 Å². The van der Waals surface area contributed by atoms with Crippen LogP contribution in [-0.4, -0.2) is 16.0 Å². The molecule has 0 unspecified atom stereocenters. The average molecular weight is 292 g/mol. The maximum Gasteiger partial charge on any atom is 0.173 e. The van der Waals surface area contributed by atoms with Gasteiger partial charge >= 0.3 is 0 Å². The number of aromatic nitrogens is 1. The molecule has 0 aliphatic rings. The molecule has 0 spiro atoms. The summed E-state index contributed by atoms with van der Waals surface area (Å²) >= 11 is 5.94. The number of halogens is 1. The molecule has 104 valence electrons. The molecule has 0 amide bonds. The lowest BCUT2D eigenvalue weighted by Crippen LogP contribution is -2.15. The smallest absolute Gasteiger partial charge is 0.173 e. The molecule has 0 aliphatic heterocycles.